The van der Waals surface area contributed by atoms with Crippen molar-refractivity contribution >= 4 is 33.2 Å². The monoisotopic (exact) mass is 402 g/mol. The highest BCUT2D eigenvalue weighted by Gasteiger charge is 2.26. The number of carbonyl (C=O) groups is 1. The van der Waals surface area contributed by atoms with E-state index in [1.165, 1.54) is 50.4 Å². The van der Waals surface area contributed by atoms with Gasteiger partial charge in [-0.05, 0) is 50.8 Å². The van der Waals surface area contributed by atoms with Crippen molar-refractivity contribution in [2.75, 3.05) is 32.5 Å². The molecular weight excluding hydrogens is 374 g/mol. The van der Waals surface area contributed by atoms with Crippen molar-refractivity contribution < 1.29 is 18.1 Å². The number of nitrogens with one attached hydrogen (secondary N) is 2. The summed E-state index contributed by atoms with van der Waals surface area (Å²) in [6.07, 6.45) is 6.00. The van der Waals surface area contributed by atoms with Crippen molar-refractivity contribution in [1.82, 2.24) is 4.31 Å². The molecule has 0 unspecified atom stereocenters. The third-order valence-corrected chi connectivity index (χ3v) is 7.26. The van der Waals surface area contributed by atoms with Gasteiger partial charge in [-0.3, -0.25) is 4.79 Å². The zero-order chi connectivity index (χ0) is 19.3. The quantitative estimate of drug-likeness (QED) is 0.788. The van der Waals surface area contributed by atoms with Crippen LogP contribution in [0.4, 0.5) is 5.69 Å². The number of likely N-dealkylation sites (tertiary alicyclic amines) is 1. The molecule has 1 aromatic rings. The molecule has 1 aromatic carbocycles. The summed E-state index contributed by atoms with van der Waals surface area (Å²) in [5.74, 6) is -0.101. The van der Waals surface area contributed by atoms with E-state index in [1.807, 2.05) is 6.92 Å². The Morgan fingerprint density at radius 2 is 1.73 bits per heavy atom. The van der Waals surface area contributed by atoms with Gasteiger partial charge in [0.1, 0.15) is 4.90 Å². The van der Waals surface area contributed by atoms with Crippen LogP contribution in [0.15, 0.2) is 23.1 Å². The Morgan fingerprint density at radius 1 is 1.15 bits per heavy atom. The van der Waals surface area contributed by atoms with Gasteiger partial charge >= 0.3 is 0 Å². The Kier molecular flexibility index (Phi) is 7.46. The van der Waals surface area contributed by atoms with Gasteiger partial charge < -0.3 is 10.2 Å². The Bertz CT molecular complexity index is 729. The van der Waals surface area contributed by atoms with E-state index in [0.29, 0.717) is 5.69 Å². The number of halogens is 1. The first kappa shape index (κ1) is 21.2. The smallest absolute Gasteiger partial charge is 0.282 e. The molecule has 1 amide bonds. The molecule has 0 aliphatic carbocycles. The second kappa shape index (κ2) is 9.17. The predicted molar refractivity (Wildman–Crippen MR) is 104 cm³/mol. The first-order valence-corrected chi connectivity index (χ1v) is 10.9. The lowest BCUT2D eigenvalue weighted by atomic mass is 10.1. The fraction of sp³-hybridized carbons (Fsp3) is 0.611. The minimum Gasteiger partial charge on any atom is -0.325 e. The number of anilines is 1. The molecule has 2 rings (SSSR count). The van der Waals surface area contributed by atoms with Crippen LogP contribution in [0.1, 0.15) is 39.0 Å². The third-order valence-electron chi connectivity index (χ3n) is 4.96. The fourth-order valence-corrected chi connectivity index (χ4v) is 4.60. The Balaban J connectivity index is 2.13. The number of sulfonamides is 1. The van der Waals surface area contributed by atoms with Gasteiger partial charge in [-0.15, -0.1) is 0 Å². The van der Waals surface area contributed by atoms with E-state index in [1.54, 1.807) is 6.07 Å². The zero-order valence-electron chi connectivity index (χ0n) is 15.7. The lowest BCUT2D eigenvalue weighted by Gasteiger charge is -2.27. The average Bonchev–Trinajstić information content (AvgIpc) is 2.55. The highest BCUT2D eigenvalue weighted by Crippen LogP contribution is 2.26. The normalized spacial score (nSPS) is 18.2. The lowest BCUT2D eigenvalue weighted by molar-refractivity contribution is -0.914. The summed E-state index contributed by atoms with van der Waals surface area (Å²) >= 11 is 6.06. The minimum atomic E-state index is -3.67. The number of carbonyl (C=O) groups excluding carboxylic acids is 1. The summed E-state index contributed by atoms with van der Waals surface area (Å²) in [7, 11) is -0.773. The van der Waals surface area contributed by atoms with E-state index in [0.717, 1.165) is 30.2 Å². The van der Waals surface area contributed by atoms with Crippen LogP contribution in [0.25, 0.3) is 0 Å². The molecule has 1 aliphatic heterocycles. The fourth-order valence-electron chi connectivity index (χ4n) is 3.20. The van der Waals surface area contributed by atoms with Crippen LogP contribution in [0.2, 0.25) is 5.02 Å². The molecule has 1 atom stereocenters. The van der Waals surface area contributed by atoms with Gasteiger partial charge in [0.15, 0.2) is 6.04 Å². The van der Waals surface area contributed by atoms with E-state index >= 15 is 0 Å². The van der Waals surface area contributed by atoms with Gasteiger partial charge in [0.05, 0.1) is 18.1 Å². The van der Waals surface area contributed by atoms with Crippen molar-refractivity contribution in [2.45, 2.75) is 50.0 Å². The minimum absolute atomic E-state index is 0.00627. The van der Waals surface area contributed by atoms with Crippen molar-refractivity contribution in [2.24, 2.45) is 0 Å². The molecule has 1 saturated heterocycles. The molecule has 8 heteroatoms. The van der Waals surface area contributed by atoms with E-state index in [4.69, 9.17) is 11.6 Å². The molecule has 146 valence electrons. The van der Waals surface area contributed by atoms with E-state index in [2.05, 4.69) is 5.32 Å². The van der Waals surface area contributed by atoms with Crippen molar-refractivity contribution in [3.05, 3.63) is 23.2 Å². The van der Waals surface area contributed by atoms with Gasteiger partial charge in [0, 0.05) is 19.8 Å². The second-order valence-corrected chi connectivity index (χ2v) is 9.60. The summed E-state index contributed by atoms with van der Waals surface area (Å²) in [6.45, 7) is 3.92. The van der Waals surface area contributed by atoms with Crippen LogP contribution in [0.3, 0.4) is 0 Å². The Hall–Kier alpha value is -1.15. The summed E-state index contributed by atoms with van der Waals surface area (Å²) in [5.41, 5.74) is 0.443. The SMILES string of the molecule is C[C@H](C(=O)Nc1ccc(Cl)c(S(=O)(=O)N(C)C)c1)[NH+]1CCCCCCC1. The zero-order valence-corrected chi connectivity index (χ0v) is 17.3. The highest BCUT2D eigenvalue weighted by atomic mass is 35.5. The maximum atomic E-state index is 12.7. The molecule has 2 N–H and O–H groups in total. The predicted octanol–water partition coefficient (Wildman–Crippen LogP) is 1.77. The highest BCUT2D eigenvalue weighted by molar-refractivity contribution is 7.89. The van der Waals surface area contributed by atoms with Crippen molar-refractivity contribution in [3.8, 4) is 0 Å². The van der Waals surface area contributed by atoms with Gasteiger partial charge in [-0.1, -0.05) is 18.0 Å². The molecule has 6 nitrogen and oxygen atoms in total. The average molecular weight is 403 g/mol. The van der Waals surface area contributed by atoms with Gasteiger partial charge in [0.25, 0.3) is 5.91 Å². The topological polar surface area (TPSA) is 70.9 Å². The molecule has 26 heavy (non-hydrogen) atoms. The molecule has 0 saturated carbocycles. The molecule has 0 spiro atoms. The first-order valence-electron chi connectivity index (χ1n) is 9.11. The Labute approximate surface area is 161 Å². The standard InChI is InChI=1S/C18H28ClN3O3S/c1-14(22-11-7-5-4-6-8-12-22)18(23)20-15-9-10-16(19)17(13-15)26(24,25)21(2)3/h9-10,13-14H,4-8,11-12H2,1-3H3,(H,20,23)/p+1/t14-/m1/s1. The number of rotatable bonds is 5. The van der Waals surface area contributed by atoms with Crippen LogP contribution >= 0.6 is 11.6 Å². The van der Waals surface area contributed by atoms with Crippen LogP contribution in [-0.2, 0) is 14.8 Å². The second-order valence-electron chi connectivity index (χ2n) is 7.07. The number of amides is 1. The van der Waals surface area contributed by atoms with Crippen LogP contribution < -0.4 is 10.2 Å². The summed E-state index contributed by atoms with van der Waals surface area (Å²) < 4.78 is 25.8. The van der Waals surface area contributed by atoms with Gasteiger partial charge in [-0.2, -0.15) is 0 Å². The third kappa shape index (κ3) is 5.19. The van der Waals surface area contributed by atoms with Crippen molar-refractivity contribution in [3.63, 3.8) is 0 Å². The van der Waals surface area contributed by atoms with Gasteiger partial charge in [-0.25, -0.2) is 12.7 Å². The summed E-state index contributed by atoms with van der Waals surface area (Å²) in [5, 5.41) is 2.99. The van der Waals surface area contributed by atoms with Crippen LogP contribution in [-0.4, -0.2) is 51.9 Å². The molecule has 1 aliphatic rings. The maximum absolute atomic E-state index is 12.7. The maximum Gasteiger partial charge on any atom is 0.282 e. The number of nitrogens with zero attached hydrogens (tertiary/aromatic N) is 1. The number of quaternary nitrogens is 1. The number of benzene rings is 1. The summed E-state index contributed by atoms with van der Waals surface area (Å²) in [4.78, 5) is 13.9. The van der Waals surface area contributed by atoms with Gasteiger partial charge in [0.2, 0.25) is 10.0 Å². The molecular formula is C18H29ClN3O3S+. The van der Waals surface area contributed by atoms with E-state index in [9.17, 15) is 13.2 Å². The van der Waals surface area contributed by atoms with E-state index in [-0.39, 0.29) is 21.9 Å². The van der Waals surface area contributed by atoms with Crippen LogP contribution in [0, 0.1) is 0 Å². The molecule has 1 heterocycles. The first-order chi connectivity index (χ1) is 12.2. The molecule has 0 bridgehead atoms. The number of hydrogen-bond acceptors (Lipinski definition) is 3. The Morgan fingerprint density at radius 3 is 2.31 bits per heavy atom. The largest absolute Gasteiger partial charge is 0.325 e. The van der Waals surface area contributed by atoms with Crippen molar-refractivity contribution in [1.29, 1.82) is 0 Å². The lowest BCUT2D eigenvalue weighted by Crippen LogP contribution is -3.16. The molecule has 0 radical (unpaired) electrons. The summed E-state index contributed by atoms with van der Waals surface area (Å²) in [6, 6.07) is 4.37. The number of hydrogen-bond donors (Lipinski definition) is 2. The van der Waals surface area contributed by atoms with Crippen LogP contribution in [0.5, 0.6) is 0 Å². The van der Waals surface area contributed by atoms with E-state index < -0.39 is 10.0 Å². The molecule has 0 aromatic heterocycles. The molecule has 1 fully saturated rings.